The number of benzene rings is 3. The summed E-state index contributed by atoms with van der Waals surface area (Å²) in [4.78, 5) is 13.2. The molecule has 24 heavy (non-hydrogen) atoms. The molecule has 0 amide bonds. The predicted molar refractivity (Wildman–Crippen MR) is 99.9 cm³/mol. The van der Waals surface area contributed by atoms with Crippen molar-refractivity contribution in [2.24, 2.45) is 0 Å². The fraction of sp³-hybridized carbons (Fsp3) is 0. The molecule has 0 heterocycles. The van der Waals surface area contributed by atoms with Crippen molar-refractivity contribution in [2.75, 3.05) is 0 Å². The van der Waals surface area contributed by atoms with E-state index in [1.54, 1.807) is 0 Å². The molecule has 1 N–H and O–H groups in total. The van der Waals surface area contributed by atoms with Crippen LogP contribution in [-0.4, -0.2) is 10.8 Å². The van der Waals surface area contributed by atoms with Crippen LogP contribution in [0.15, 0.2) is 118 Å². The Kier molecular flexibility index (Phi) is 4.82. The third-order valence-electron chi connectivity index (χ3n) is 3.61. The van der Waals surface area contributed by atoms with Crippen molar-refractivity contribution >= 4 is 16.3 Å². The molecule has 0 saturated heterocycles. The van der Waals surface area contributed by atoms with Crippen LogP contribution >= 0.6 is 10.3 Å². The summed E-state index contributed by atoms with van der Waals surface area (Å²) in [6, 6.07) is 30.0. The lowest BCUT2D eigenvalue weighted by Crippen LogP contribution is -2.12. The zero-order valence-corrected chi connectivity index (χ0v) is 14.0. The van der Waals surface area contributed by atoms with Gasteiger partial charge in [-0.1, -0.05) is 61.2 Å². The van der Waals surface area contributed by atoms with Crippen molar-refractivity contribution in [3.05, 3.63) is 104 Å². The first kappa shape index (κ1) is 16.1. The van der Waals surface area contributed by atoms with E-state index in [0.29, 0.717) is 0 Å². The van der Waals surface area contributed by atoms with E-state index in [1.807, 2.05) is 91.0 Å². The summed E-state index contributed by atoms with van der Waals surface area (Å²) in [6.45, 7) is 3.63. The van der Waals surface area contributed by atoms with Crippen molar-refractivity contribution in [3.63, 3.8) is 0 Å². The maximum absolute atomic E-state index is 10.2. The zero-order valence-electron chi connectivity index (χ0n) is 13.2. The summed E-state index contributed by atoms with van der Waals surface area (Å²) in [6.07, 6.45) is 1.33. The van der Waals surface area contributed by atoms with Gasteiger partial charge in [-0.2, -0.15) is 0 Å². The fourth-order valence-electron chi connectivity index (χ4n) is 2.55. The molecule has 0 unspecified atom stereocenters. The molecule has 0 fully saturated rings. The van der Waals surface area contributed by atoms with Crippen LogP contribution < -0.4 is 0 Å². The van der Waals surface area contributed by atoms with Crippen LogP contribution in [-0.2, 0) is 4.18 Å². The molecule has 0 aliphatic rings. The van der Waals surface area contributed by atoms with Gasteiger partial charge in [0.15, 0.2) is 0 Å². The highest BCUT2D eigenvalue weighted by Crippen LogP contribution is 2.69. The average molecular weight is 335 g/mol. The van der Waals surface area contributed by atoms with Gasteiger partial charge in [-0.3, -0.25) is 0 Å². The molecular weight excluding hydrogens is 316 g/mol. The molecule has 120 valence electrons. The van der Waals surface area contributed by atoms with Gasteiger partial charge in [-0.25, -0.2) is 4.18 Å². The van der Waals surface area contributed by atoms with Crippen LogP contribution in [0, 0.1) is 0 Å². The highest BCUT2D eigenvalue weighted by atomic mass is 32.3. The van der Waals surface area contributed by atoms with Crippen molar-refractivity contribution in [1.29, 1.82) is 0 Å². The molecule has 3 aromatic carbocycles. The summed E-state index contributed by atoms with van der Waals surface area (Å²) in [5, 5.41) is 0. The summed E-state index contributed by atoms with van der Waals surface area (Å²) >= 11 is 0. The topological polar surface area (TPSA) is 30.6 Å². The Morgan fingerprint density at radius 1 is 0.708 bits per heavy atom. The van der Waals surface area contributed by atoms with Gasteiger partial charge in [-0.15, -0.1) is 0 Å². The second kappa shape index (κ2) is 7.20. The highest BCUT2D eigenvalue weighted by molar-refractivity contribution is 8.30. The van der Waals surface area contributed by atoms with Crippen LogP contribution in [0.2, 0.25) is 0 Å². The lowest BCUT2D eigenvalue weighted by molar-refractivity contribution is 0.508. The summed E-state index contributed by atoms with van der Waals surface area (Å²) in [5.41, 5.74) is 0. The van der Waals surface area contributed by atoms with E-state index in [0.717, 1.165) is 14.7 Å². The summed E-state index contributed by atoms with van der Waals surface area (Å²) in [7, 11) is -2.10. The number of hydrogen-bond donors (Lipinski definition) is 0. The number of carbonyl (C=O) groups excluding carboxylic acids is 1. The normalized spacial score (nSPS) is 11.5. The second-order valence-electron chi connectivity index (χ2n) is 5.12. The molecule has 3 rings (SSSR count). The quantitative estimate of drug-likeness (QED) is 0.442. The van der Waals surface area contributed by atoms with Crippen molar-refractivity contribution in [3.8, 4) is 0 Å². The maximum atomic E-state index is 10.2. The van der Waals surface area contributed by atoms with E-state index < -0.39 is 10.3 Å². The fourth-order valence-corrected chi connectivity index (χ4v) is 5.60. The minimum atomic E-state index is -2.10. The summed E-state index contributed by atoms with van der Waals surface area (Å²) in [5.74, 6) is -0.179. The first-order chi connectivity index (χ1) is 11.8. The Morgan fingerprint density at radius 3 is 1.33 bits per heavy atom. The molecule has 0 saturated carbocycles. The molecule has 0 spiro atoms. The number of rotatable bonds is 5. The minimum Gasteiger partial charge on any atom is -0.335 e. The van der Waals surface area contributed by atoms with E-state index in [-0.39, 0.29) is 5.97 Å². The SMILES string of the molecule is C=CC(=[OH+])OS(c1ccccc1)(c1ccccc1)c1ccccc1. The zero-order chi connectivity index (χ0) is 16.8. The summed E-state index contributed by atoms with van der Waals surface area (Å²) < 4.78 is 6.18. The Labute approximate surface area is 143 Å². The molecule has 0 bridgehead atoms. The van der Waals surface area contributed by atoms with Gasteiger partial charge in [0.05, 0.1) is 31.1 Å². The highest BCUT2D eigenvalue weighted by Gasteiger charge is 2.41. The number of hydrogen-bond acceptors (Lipinski definition) is 1. The second-order valence-corrected chi connectivity index (χ2v) is 7.81. The van der Waals surface area contributed by atoms with Gasteiger partial charge in [0, 0.05) is 0 Å². The van der Waals surface area contributed by atoms with Gasteiger partial charge in [0.1, 0.15) is 0 Å². The minimum absolute atomic E-state index is 0.179. The average Bonchev–Trinajstić information content (AvgIpc) is 2.68. The van der Waals surface area contributed by atoms with E-state index in [1.165, 1.54) is 6.08 Å². The molecule has 3 heteroatoms. The molecule has 3 aromatic rings. The smallest absolute Gasteiger partial charge is 0.335 e. The van der Waals surface area contributed by atoms with Crippen molar-refractivity contribution in [1.82, 2.24) is 0 Å². The molecular formula is C21H19O2S+. The lowest BCUT2D eigenvalue weighted by Gasteiger charge is -2.32. The molecule has 0 atom stereocenters. The first-order valence-electron chi connectivity index (χ1n) is 7.64. The Hall–Kier alpha value is -2.78. The van der Waals surface area contributed by atoms with Gasteiger partial charge in [0.2, 0.25) is 0 Å². The van der Waals surface area contributed by atoms with E-state index >= 15 is 0 Å². The van der Waals surface area contributed by atoms with Crippen molar-refractivity contribution in [2.45, 2.75) is 14.7 Å². The Bertz CT molecular complexity index is 718. The predicted octanol–water partition coefficient (Wildman–Crippen LogP) is 5.59. The molecule has 2 nitrogen and oxygen atoms in total. The van der Waals surface area contributed by atoms with E-state index in [9.17, 15) is 4.79 Å². The van der Waals surface area contributed by atoms with Crippen LogP contribution in [0.25, 0.3) is 0 Å². The Morgan fingerprint density at radius 2 is 1.04 bits per heavy atom. The third kappa shape index (κ3) is 2.99. The van der Waals surface area contributed by atoms with Gasteiger partial charge < -0.3 is 4.79 Å². The monoisotopic (exact) mass is 335 g/mol. The Balaban J connectivity index is 2.32. The largest absolute Gasteiger partial charge is 0.522 e. The van der Waals surface area contributed by atoms with Crippen LogP contribution in [0.5, 0.6) is 0 Å². The first-order valence-corrected chi connectivity index (χ1v) is 9.19. The van der Waals surface area contributed by atoms with Gasteiger partial charge >= 0.3 is 5.97 Å². The standard InChI is InChI=1S/C21H18O2S/c1-2-21(22)23-24(18-12-6-3-7-13-18,19-14-8-4-9-15-19)20-16-10-5-11-17-20/h2-17H,1H2/p+1. The molecule has 0 aliphatic carbocycles. The molecule has 0 aliphatic heterocycles. The van der Waals surface area contributed by atoms with Crippen LogP contribution in [0.1, 0.15) is 0 Å². The lowest BCUT2D eigenvalue weighted by atomic mass is 10.4. The van der Waals surface area contributed by atoms with E-state index in [4.69, 9.17) is 4.18 Å². The van der Waals surface area contributed by atoms with E-state index in [2.05, 4.69) is 6.58 Å². The molecule has 0 radical (unpaired) electrons. The van der Waals surface area contributed by atoms with Gasteiger partial charge in [-0.05, 0) is 36.4 Å². The van der Waals surface area contributed by atoms with Crippen LogP contribution in [0.3, 0.4) is 0 Å². The van der Waals surface area contributed by atoms with Crippen LogP contribution in [0.4, 0.5) is 0 Å². The van der Waals surface area contributed by atoms with Crippen molar-refractivity contribution < 1.29 is 8.98 Å². The third-order valence-corrected chi connectivity index (χ3v) is 6.84. The molecule has 0 aromatic heterocycles. The van der Waals surface area contributed by atoms with Gasteiger partial charge in [0.25, 0.3) is 0 Å². The maximum Gasteiger partial charge on any atom is 0.522 e.